The van der Waals surface area contributed by atoms with E-state index in [1.54, 1.807) is 0 Å². The summed E-state index contributed by atoms with van der Waals surface area (Å²) >= 11 is 0. The molecule has 1 radical (unpaired) electrons. The third kappa shape index (κ3) is 7.25. The minimum absolute atomic E-state index is 0. The van der Waals surface area contributed by atoms with E-state index >= 15 is 0 Å². The molecular weight excluding hydrogens is 627 g/mol. The minimum Gasteiger partial charge on any atom is -0.512 e. The van der Waals surface area contributed by atoms with Gasteiger partial charge in [0.2, 0.25) is 5.71 Å². The molecule has 0 amide bonds. The maximum Gasteiger partial charge on any atom is 0.217 e. The van der Waals surface area contributed by atoms with Gasteiger partial charge in [-0.1, -0.05) is 58.0 Å². The molecule has 0 aliphatic carbocycles. The number of rotatable bonds is 3. The van der Waals surface area contributed by atoms with Gasteiger partial charge >= 0.3 is 0 Å². The number of aryl methyl sites for hydroxylation is 3. The number of hydrogen-bond acceptors (Lipinski definition) is 4. The molecule has 2 aromatic carbocycles. The summed E-state index contributed by atoms with van der Waals surface area (Å²) in [6, 6.07) is 20.4. The van der Waals surface area contributed by atoms with Crippen LogP contribution in [0.25, 0.3) is 33.7 Å². The summed E-state index contributed by atoms with van der Waals surface area (Å²) in [4.78, 5) is 14.8. The van der Waals surface area contributed by atoms with Crippen LogP contribution in [0.4, 0.5) is 0 Å². The molecule has 0 aliphatic rings. The zero-order chi connectivity index (χ0) is 25.9. The Balaban J connectivity index is 0.000000503. The molecule has 36 heavy (non-hydrogen) atoms. The molecule has 0 spiro atoms. The number of hydrogen-bond donors (Lipinski definition) is 1. The van der Waals surface area contributed by atoms with Crippen LogP contribution >= 0.6 is 0 Å². The first-order valence-corrected chi connectivity index (χ1v) is 11.7. The van der Waals surface area contributed by atoms with Crippen LogP contribution in [0.1, 0.15) is 56.9 Å². The number of carbonyl (C=O) groups is 1. The molecule has 4 nitrogen and oxygen atoms in total. The van der Waals surface area contributed by atoms with Gasteiger partial charge in [0.1, 0.15) is 5.76 Å². The fourth-order valence-corrected chi connectivity index (χ4v) is 3.97. The van der Waals surface area contributed by atoms with Crippen LogP contribution in [-0.4, -0.2) is 15.9 Å². The summed E-state index contributed by atoms with van der Waals surface area (Å²) < 4.78 is 6.18. The third-order valence-electron chi connectivity index (χ3n) is 5.67. The summed E-state index contributed by atoms with van der Waals surface area (Å²) in [5, 5.41) is 9.38. The van der Waals surface area contributed by atoms with Crippen molar-refractivity contribution in [1.82, 2.24) is 4.98 Å². The number of aliphatic hydroxyl groups excluding tert-OH is 1. The minimum atomic E-state index is -0.125. The summed E-state index contributed by atoms with van der Waals surface area (Å²) in [6.07, 6.45) is 1.17. The molecule has 0 saturated heterocycles. The first-order valence-electron chi connectivity index (χ1n) is 11.7. The average Bonchev–Trinajstić information content (AvgIpc) is 3.14. The Morgan fingerprint density at radius 1 is 1.00 bits per heavy atom. The zero-order valence-corrected chi connectivity index (χ0v) is 24.6. The van der Waals surface area contributed by atoms with E-state index in [0.717, 1.165) is 33.5 Å². The standard InChI is InChI=1S/C26H26NO.C5H8O2.Ir/c1-16-12-20(14-21(13-16)26(4,5)6)22-11-10-19-15-23(28-25(19)27-22)24-17(2)8-7-9-18(24)3;1-4(6)3-5(2)7;/h7-11,13-15H,1-6H3;3,6H,1-2H3;/q-1;;/b;4-3-;. The van der Waals surface area contributed by atoms with E-state index in [2.05, 4.69) is 96.1 Å². The molecule has 4 rings (SSSR count). The fourth-order valence-electron chi connectivity index (χ4n) is 3.97. The number of benzene rings is 2. The Kier molecular flexibility index (Phi) is 9.59. The van der Waals surface area contributed by atoms with Crippen molar-refractivity contribution in [3.05, 3.63) is 88.7 Å². The maximum atomic E-state index is 10.0. The Hall–Kier alpha value is -3.01. The van der Waals surface area contributed by atoms with Crippen LogP contribution in [0.2, 0.25) is 0 Å². The number of nitrogens with zero attached hydrogens (tertiary/aromatic N) is 1. The van der Waals surface area contributed by atoms with E-state index in [4.69, 9.17) is 14.5 Å². The molecule has 1 N–H and O–H groups in total. The number of carbonyl (C=O) groups excluding carboxylic acids is 1. The number of allylic oxidation sites excluding steroid dienone is 2. The van der Waals surface area contributed by atoms with Crippen molar-refractivity contribution in [2.75, 3.05) is 0 Å². The zero-order valence-electron chi connectivity index (χ0n) is 22.2. The molecule has 0 bridgehead atoms. The van der Waals surface area contributed by atoms with E-state index in [-0.39, 0.29) is 37.1 Å². The van der Waals surface area contributed by atoms with Gasteiger partial charge in [-0.25, -0.2) is 0 Å². The average molecular weight is 661 g/mol. The van der Waals surface area contributed by atoms with Crippen LogP contribution in [0.5, 0.6) is 0 Å². The molecule has 2 aromatic heterocycles. The van der Waals surface area contributed by atoms with Crippen LogP contribution in [0, 0.1) is 26.8 Å². The number of pyridine rings is 1. The summed E-state index contributed by atoms with van der Waals surface area (Å²) in [7, 11) is 0. The molecule has 5 heteroatoms. The maximum absolute atomic E-state index is 10.0. The van der Waals surface area contributed by atoms with Gasteiger partial charge in [0.15, 0.2) is 5.78 Å². The smallest absolute Gasteiger partial charge is 0.217 e. The van der Waals surface area contributed by atoms with Gasteiger partial charge in [0, 0.05) is 37.1 Å². The molecule has 2 heterocycles. The van der Waals surface area contributed by atoms with E-state index in [9.17, 15) is 4.79 Å². The number of ketones is 1. The van der Waals surface area contributed by atoms with Crippen molar-refractivity contribution in [1.29, 1.82) is 0 Å². The largest absolute Gasteiger partial charge is 0.512 e. The Labute approximate surface area is 227 Å². The Morgan fingerprint density at radius 3 is 2.17 bits per heavy atom. The van der Waals surface area contributed by atoms with Gasteiger partial charge in [-0.2, -0.15) is 0 Å². The van der Waals surface area contributed by atoms with Crippen molar-refractivity contribution >= 4 is 16.9 Å². The van der Waals surface area contributed by atoms with E-state index < -0.39 is 0 Å². The molecule has 0 atom stereocenters. The van der Waals surface area contributed by atoms with E-state index in [1.165, 1.54) is 36.6 Å². The molecule has 0 saturated carbocycles. The van der Waals surface area contributed by atoms with Crippen LogP contribution in [0.15, 0.2) is 64.8 Å². The summed E-state index contributed by atoms with van der Waals surface area (Å²) in [6.45, 7) is 15.8. The van der Waals surface area contributed by atoms with Crippen molar-refractivity contribution in [3.8, 4) is 22.6 Å². The van der Waals surface area contributed by atoms with Gasteiger partial charge in [0.05, 0.1) is 5.76 Å². The molecule has 0 aliphatic heterocycles. The van der Waals surface area contributed by atoms with E-state index in [1.807, 2.05) is 0 Å². The van der Waals surface area contributed by atoms with E-state index in [0.29, 0.717) is 5.71 Å². The molecular formula is C31H34IrNO3-. The first kappa shape index (κ1) is 29.2. The molecule has 4 aromatic rings. The second-order valence-corrected chi connectivity index (χ2v) is 10.1. The second-order valence-electron chi connectivity index (χ2n) is 10.1. The predicted molar refractivity (Wildman–Crippen MR) is 144 cm³/mol. The van der Waals surface area contributed by atoms with Crippen molar-refractivity contribution in [2.45, 2.75) is 60.8 Å². The summed E-state index contributed by atoms with van der Waals surface area (Å²) in [5.74, 6) is 0.811. The predicted octanol–water partition coefficient (Wildman–Crippen LogP) is 8.22. The fraction of sp³-hybridized carbons (Fsp3) is 0.290. The SMILES string of the molecule is CC(=O)/C=C(/C)O.Cc1[c-]c(-c2ccc3cc(-c4c(C)cccc4C)oc3n2)cc(C(C)(C)C)c1.[Ir]. The molecule has 0 unspecified atom stereocenters. The Bertz CT molecular complexity index is 1380. The monoisotopic (exact) mass is 661 g/mol. The van der Waals surface area contributed by atoms with Gasteiger partial charge < -0.3 is 9.52 Å². The van der Waals surface area contributed by atoms with Crippen molar-refractivity contribution < 1.29 is 34.4 Å². The molecule has 0 fully saturated rings. The van der Waals surface area contributed by atoms with Gasteiger partial charge in [0.25, 0.3) is 0 Å². The number of aromatic nitrogens is 1. The van der Waals surface area contributed by atoms with Crippen molar-refractivity contribution in [2.24, 2.45) is 0 Å². The number of furan rings is 1. The molecule has 191 valence electrons. The van der Waals surface area contributed by atoms with Crippen LogP contribution in [-0.2, 0) is 30.3 Å². The third-order valence-corrected chi connectivity index (χ3v) is 5.67. The van der Waals surface area contributed by atoms with Gasteiger partial charge in [-0.05, 0) is 56.0 Å². The number of fused-ring (bicyclic) bond motifs is 1. The van der Waals surface area contributed by atoms with Crippen LogP contribution in [0.3, 0.4) is 0 Å². The number of aliphatic hydroxyl groups is 1. The van der Waals surface area contributed by atoms with Gasteiger partial charge in [-0.3, -0.25) is 9.78 Å². The summed E-state index contributed by atoms with van der Waals surface area (Å²) in [5.41, 5.74) is 8.64. The Morgan fingerprint density at radius 2 is 1.64 bits per heavy atom. The normalized spacial score (nSPS) is 11.5. The van der Waals surface area contributed by atoms with Crippen LogP contribution < -0.4 is 0 Å². The van der Waals surface area contributed by atoms with Crippen molar-refractivity contribution in [3.63, 3.8) is 0 Å². The quantitative estimate of drug-likeness (QED) is 0.137. The second kappa shape index (κ2) is 11.8. The first-order chi connectivity index (χ1) is 16.3. The topological polar surface area (TPSA) is 63.3 Å². The van der Waals surface area contributed by atoms with Gasteiger partial charge in [-0.15, -0.1) is 34.9 Å².